The van der Waals surface area contributed by atoms with Crippen LogP contribution in [0, 0.1) is 11.3 Å². The molecule has 0 spiro atoms. The molecule has 0 radical (unpaired) electrons. The summed E-state index contributed by atoms with van der Waals surface area (Å²) in [7, 11) is 0. The standard InChI is InChI=1S/C21H24N4O2S/c22-8-7-14-11-23-17-6-5-13(10-16(14)17)9-15(26)3-1-2-4-19-20-18(12-28-19)24-21(27)25-20/h5-6,10-11,18-20,23H,1-4,7,9,12H2,(H2,24,25,27)/t18-,19-,20-/m0/s1. The summed E-state index contributed by atoms with van der Waals surface area (Å²) in [4.78, 5) is 27.0. The van der Waals surface area contributed by atoms with Crippen LogP contribution >= 0.6 is 11.8 Å². The van der Waals surface area contributed by atoms with Gasteiger partial charge in [0.2, 0.25) is 0 Å². The van der Waals surface area contributed by atoms with E-state index in [9.17, 15) is 9.59 Å². The molecule has 2 fully saturated rings. The molecule has 3 N–H and O–H groups in total. The van der Waals surface area contributed by atoms with Gasteiger partial charge in [-0.3, -0.25) is 4.79 Å². The van der Waals surface area contributed by atoms with Crippen molar-refractivity contribution in [2.45, 2.75) is 55.9 Å². The molecule has 3 heterocycles. The van der Waals surface area contributed by atoms with Gasteiger partial charge in [0.15, 0.2) is 0 Å². The molecule has 0 unspecified atom stereocenters. The van der Waals surface area contributed by atoms with Gasteiger partial charge in [0.05, 0.1) is 24.6 Å². The van der Waals surface area contributed by atoms with Crippen LogP contribution in [0.4, 0.5) is 4.79 Å². The maximum atomic E-state index is 12.4. The Labute approximate surface area is 168 Å². The molecule has 1 aromatic carbocycles. The fourth-order valence-electron chi connectivity index (χ4n) is 4.19. The number of H-pyrrole nitrogens is 1. The number of nitrogens with one attached hydrogen (secondary N) is 3. The molecule has 7 heteroatoms. The molecule has 2 amide bonds. The summed E-state index contributed by atoms with van der Waals surface area (Å²) in [6, 6.07) is 8.63. The van der Waals surface area contributed by atoms with Crippen molar-refractivity contribution in [3.05, 3.63) is 35.5 Å². The molecule has 0 saturated carbocycles. The van der Waals surface area contributed by atoms with E-state index < -0.39 is 0 Å². The van der Waals surface area contributed by atoms with Crippen molar-refractivity contribution >= 4 is 34.5 Å². The fourth-order valence-corrected chi connectivity index (χ4v) is 5.74. The monoisotopic (exact) mass is 396 g/mol. The predicted molar refractivity (Wildman–Crippen MR) is 110 cm³/mol. The minimum Gasteiger partial charge on any atom is -0.361 e. The molecule has 2 aliphatic rings. The van der Waals surface area contributed by atoms with Crippen LogP contribution in [0.25, 0.3) is 10.9 Å². The number of amides is 2. The summed E-state index contributed by atoms with van der Waals surface area (Å²) in [6.45, 7) is 0. The predicted octanol–water partition coefficient (Wildman–Crippen LogP) is 3.07. The lowest BCUT2D eigenvalue weighted by atomic mass is 9.99. The molecule has 4 rings (SSSR count). The second-order valence-electron chi connectivity index (χ2n) is 7.61. The number of thioether (sulfide) groups is 1. The number of Topliss-reactive ketones (excluding diaryl/α,β-unsaturated/α-hetero) is 1. The van der Waals surface area contributed by atoms with Crippen molar-refractivity contribution in [3.63, 3.8) is 0 Å². The lowest BCUT2D eigenvalue weighted by Crippen LogP contribution is -2.36. The first-order valence-corrected chi connectivity index (χ1v) is 10.8. The van der Waals surface area contributed by atoms with E-state index in [1.807, 2.05) is 36.2 Å². The molecule has 6 nitrogen and oxygen atoms in total. The molecular weight excluding hydrogens is 372 g/mol. The Bertz CT molecular complexity index is 932. The van der Waals surface area contributed by atoms with Crippen LogP contribution in [0.1, 0.15) is 36.8 Å². The number of nitriles is 1. The van der Waals surface area contributed by atoms with E-state index >= 15 is 0 Å². The number of fused-ring (bicyclic) bond motifs is 2. The third kappa shape index (κ3) is 4.02. The number of ketones is 1. The lowest BCUT2D eigenvalue weighted by Gasteiger charge is -2.16. The number of carbonyl (C=O) groups excluding carboxylic acids is 2. The fraction of sp³-hybridized carbons (Fsp3) is 0.476. The minimum absolute atomic E-state index is 0.0483. The number of benzene rings is 1. The number of hydrogen-bond acceptors (Lipinski definition) is 4. The SMILES string of the molecule is N#CCc1c[nH]c2ccc(CC(=O)CCCC[C@@H]3SC[C@@H]4NC(=O)N[C@@H]43)cc12. The van der Waals surface area contributed by atoms with Gasteiger partial charge in [-0.1, -0.05) is 12.5 Å². The normalized spacial score (nSPS) is 23.2. The number of unbranched alkanes of at least 4 members (excludes halogenated alkanes) is 1. The number of nitrogens with zero attached hydrogens (tertiary/aromatic N) is 1. The number of rotatable bonds is 8. The lowest BCUT2D eigenvalue weighted by molar-refractivity contribution is -0.118. The number of carbonyl (C=O) groups is 2. The zero-order valence-electron chi connectivity index (χ0n) is 15.7. The highest BCUT2D eigenvalue weighted by Gasteiger charge is 2.42. The first-order chi connectivity index (χ1) is 13.6. The summed E-state index contributed by atoms with van der Waals surface area (Å²) < 4.78 is 0. The highest BCUT2D eigenvalue weighted by atomic mass is 32.2. The number of aromatic amines is 1. The van der Waals surface area contributed by atoms with E-state index in [2.05, 4.69) is 21.7 Å². The van der Waals surface area contributed by atoms with Crippen molar-refractivity contribution in [2.75, 3.05) is 5.75 Å². The van der Waals surface area contributed by atoms with Crippen molar-refractivity contribution in [3.8, 4) is 6.07 Å². The van der Waals surface area contributed by atoms with Crippen LogP contribution in [0.15, 0.2) is 24.4 Å². The molecule has 0 aliphatic carbocycles. The second-order valence-corrected chi connectivity index (χ2v) is 8.88. The quantitative estimate of drug-likeness (QED) is 0.472. The maximum Gasteiger partial charge on any atom is 0.315 e. The van der Waals surface area contributed by atoms with Crippen LogP contribution in [-0.2, 0) is 17.6 Å². The van der Waals surface area contributed by atoms with E-state index in [0.717, 1.165) is 47.0 Å². The molecular formula is C21H24N4O2S. The van der Waals surface area contributed by atoms with Crippen LogP contribution in [0.5, 0.6) is 0 Å². The summed E-state index contributed by atoms with van der Waals surface area (Å²) in [5.74, 6) is 1.23. The average Bonchev–Trinajstić information content (AvgIpc) is 3.34. The van der Waals surface area contributed by atoms with Crippen LogP contribution in [0.3, 0.4) is 0 Å². The Morgan fingerprint density at radius 2 is 2.18 bits per heavy atom. The summed E-state index contributed by atoms with van der Waals surface area (Å²) in [5, 5.41) is 16.4. The van der Waals surface area contributed by atoms with Gasteiger partial charge in [0.25, 0.3) is 0 Å². The van der Waals surface area contributed by atoms with Crippen molar-refractivity contribution in [2.24, 2.45) is 0 Å². The average molecular weight is 397 g/mol. The molecule has 2 aliphatic heterocycles. The van der Waals surface area contributed by atoms with Gasteiger partial charge in [0, 0.05) is 40.9 Å². The van der Waals surface area contributed by atoms with Gasteiger partial charge in [-0.2, -0.15) is 17.0 Å². The number of hydrogen-bond donors (Lipinski definition) is 3. The van der Waals surface area contributed by atoms with Gasteiger partial charge < -0.3 is 15.6 Å². The Morgan fingerprint density at radius 3 is 3.04 bits per heavy atom. The van der Waals surface area contributed by atoms with E-state index in [0.29, 0.717) is 24.5 Å². The molecule has 2 saturated heterocycles. The minimum atomic E-state index is -0.0483. The Hall–Kier alpha value is -2.46. The smallest absolute Gasteiger partial charge is 0.315 e. The van der Waals surface area contributed by atoms with E-state index in [-0.39, 0.29) is 23.9 Å². The van der Waals surface area contributed by atoms with Crippen molar-refractivity contribution < 1.29 is 9.59 Å². The first kappa shape index (κ1) is 18.9. The number of aromatic nitrogens is 1. The van der Waals surface area contributed by atoms with Gasteiger partial charge >= 0.3 is 6.03 Å². The van der Waals surface area contributed by atoms with Crippen LogP contribution < -0.4 is 10.6 Å². The third-order valence-corrected chi connectivity index (χ3v) is 7.14. The Balaban J connectivity index is 1.24. The highest BCUT2D eigenvalue weighted by molar-refractivity contribution is 8.00. The van der Waals surface area contributed by atoms with E-state index in [4.69, 9.17) is 5.26 Å². The molecule has 0 bridgehead atoms. The van der Waals surface area contributed by atoms with Gasteiger partial charge in [-0.15, -0.1) is 0 Å². The topological polar surface area (TPSA) is 97.8 Å². The molecule has 28 heavy (non-hydrogen) atoms. The van der Waals surface area contributed by atoms with Crippen LogP contribution in [0.2, 0.25) is 0 Å². The van der Waals surface area contributed by atoms with E-state index in [1.165, 1.54) is 0 Å². The highest BCUT2D eigenvalue weighted by Crippen LogP contribution is 2.33. The van der Waals surface area contributed by atoms with Gasteiger partial charge in [-0.25, -0.2) is 4.79 Å². The molecule has 146 valence electrons. The number of urea groups is 1. The molecule has 3 atom stereocenters. The zero-order chi connectivity index (χ0) is 19.5. The Kier molecular flexibility index (Phi) is 5.58. The van der Waals surface area contributed by atoms with Crippen molar-refractivity contribution in [1.29, 1.82) is 5.26 Å². The van der Waals surface area contributed by atoms with Crippen LogP contribution in [-0.4, -0.2) is 39.9 Å². The van der Waals surface area contributed by atoms with Gasteiger partial charge in [0.1, 0.15) is 5.78 Å². The first-order valence-electron chi connectivity index (χ1n) is 9.80. The van der Waals surface area contributed by atoms with Crippen molar-refractivity contribution in [1.82, 2.24) is 15.6 Å². The second kappa shape index (κ2) is 8.27. The zero-order valence-corrected chi connectivity index (χ0v) is 16.5. The van der Waals surface area contributed by atoms with E-state index in [1.54, 1.807) is 0 Å². The summed E-state index contributed by atoms with van der Waals surface area (Å²) in [6.07, 6.45) is 6.20. The summed E-state index contributed by atoms with van der Waals surface area (Å²) in [5.41, 5.74) is 2.99. The van der Waals surface area contributed by atoms with Gasteiger partial charge in [-0.05, 0) is 36.1 Å². The largest absolute Gasteiger partial charge is 0.361 e. The molecule has 1 aromatic heterocycles. The maximum absolute atomic E-state index is 12.4. The molecule has 2 aromatic rings. The summed E-state index contributed by atoms with van der Waals surface area (Å²) >= 11 is 1.92. The Morgan fingerprint density at radius 1 is 1.29 bits per heavy atom. The third-order valence-electron chi connectivity index (χ3n) is 5.64.